The van der Waals surface area contributed by atoms with Crippen molar-refractivity contribution in [1.82, 2.24) is 9.97 Å². The minimum Gasteiger partial charge on any atom is -0.326 e. The van der Waals surface area contributed by atoms with E-state index in [1.54, 1.807) is 24.3 Å². The van der Waals surface area contributed by atoms with Crippen LogP contribution < -0.4 is 16.2 Å². The predicted molar refractivity (Wildman–Crippen MR) is 122 cm³/mol. The van der Waals surface area contributed by atoms with Crippen molar-refractivity contribution >= 4 is 46.7 Å². The Balaban J connectivity index is 1.56. The molecule has 3 aromatic rings. The summed E-state index contributed by atoms with van der Waals surface area (Å²) in [6.07, 6.45) is -0.118. The van der Waals surface area contributed by atoms with Crippen LogP contribution in [0.25, 0.3) is 0 Å². The first-order chi connectivity index (χ1) is 14.9. The molecule has 0 saturated heterocycles. The van der Waals surface area contributed by atoms with E-state index in [-0.39, 0.29) is 23.7 Å². The van der Waals surface area contributed by atoms with Gasteiger partial charge >= 0.3 is 0 Å². The summed E-state index contributed by atoms with van der Waals surface area (Å²) in [6.45, 7) is 1.95. The van der Waals surface area contributed by atoms with Crippen LogP contribution in [-0.2, 0) is 15.3 Å². The van der Waals surface area contributed by atoms with Crippen LogP contribution in [0.4, 0.5) is 11.5 Å². The van der Waals surface area contributed by atoms with E-state index in [4.69, 9.17) is 11.6 Å². The van der Waals surface area contributed by atoms with Gasteiger partial charge in [-0.15, -0.1) is 0 Å². The Morgan fingerprint density at radius 2 is 1.87 bits per heavy atom. The molecular weight excluding hydrogens is 436 g/mol. The van der Waals surface area contributed by atoms with E-state index in [2.05, 4.69) is 20.6 Å². The molecule has 1 unspecified atom stereocenters. The third kappa shape index (κ3) is 4.98. The van der Waals surface area contributed by atoms with E-state index in [0.29, 0.717) is 21.6 Å². The molecule has 0 fully saturated rings. The number of nitrogens with zero attached hydrogens (tertiary/aromatic N) is 1. The number of amides is 2. The maximum absolute atomic E-state index is 12.8. The molecule has 2 heterocycles. The first kappa shape index (κ1) is 21.1. The van der Waals surface area contributed by atoms with Crippen molar-refractivity contribution in [3.05, 3.63) is 80.6 Å². The van der Waals surface area contributed by atoms with Gasteiger partial charge in [0.25, 0.3) is 5.56 Å². The van der Waals surface area contributed by atoms with Crippen LogP contribution in [0.3, 0.4) is 0 Å². The van der Waals surface area contributed by atoms with Gasteiger partial charge in [-0.1, -0.05) is 53.2 Å². The van der Waals surface area contributed by atoms with Gasteiger partial charge in [-0.25, -0.2) is 4.98 Å². The van der Waals surface area contributed by atoms with Crippen LogP contribution >= 0.6 is 23.4 Å². The number of H-pyrrole nitrogens is 1. The maximum Gasteiger partial charge on any atom is 0.257 e. The molecule has 9 heteroatoms. The molecule has 0 spiro atoms. The van der Waals surface area contributed by atoms with E-state index in [1.165, 1.54) is 11.8 Å². The van der Waals surface area contributed by atoms with E-state index in [1.807, 2.05) is 31.2 Å². The molecule has 0 radical (unpaired) electrons. The maximum atomic E-state index is 12.8. The number of aromatic nitrogens is 2. The van der Waals surface area contributed by atoms with Gasteiger partial charge in [0.2, 0.25) is 11.8 Å². The lowest BCUT2D eigenvalue weighted by Crippen LogP contribution is -2.36. The second-order valence-electron chi connectivity index (χ2n) is 7.21. The fourth-order valence-corrected chi connectivity index (χ4v) is 4.18. The third-order valence-corrected chi connectivity index (χ3v) is 6.05. The number of nitrogens with one attached hydrogen (secondary N) is 3. The molecule has 1 atom stereocenters. The fourth-order valence-electron chi connectivity index (χ4n) is 3.24. The summed E-state index contributed by atoms with van der Waals surface area (Å²) in [4.78, 5) is 45.0. The molecular formula is C22H19ClN4O3S. The minimum atomic E-state index is -0.920. The number of hydrogen-bond donors (Lipinski definition) is 3. The highest BCUT2D eigenvalue weighted by Gasteiger charge is 2.34. The second-order valence-corrected chi connectivity index (χ2v) is 8.61. The van der Waals surface area contributed by atoms with Crippen molar-refractivity contribution in [2.75, 3.05) is 10.6 Å². The van der Waals surface area contributed by atoms with Gasteiger partial charge in [0.1, 0.15) is 5.82 Å². The van der Waals surface area contributed by atoms with E-state index in [9.17, 15) is 14.4 Å². The molecule has 3 N–H and O–H groups in total. The molecule has 1 aromatic heterocycles. The summed E-state index contributed by atoms with van der Waals surface area (Å²) < 4.78 is 0. The largest absolute Gasteiger partial charge is 0.326 e. The van der Waals surface area contributed by atoms with Gasteiger partial charge in [-0.05, 0) is 36.8 Å². The number of anilines is 2. The molecule has 0 saturated carbocycles. The molecule has 2 amide bonds. The van der Waals surface area contributed by atoms with Gasteiger partial charge in [0.15, 0.2) is 5.16 Å². The average molecular weight is 455 g/mol. The smallest absolute Gasteiger partial charge is 0.257 e. The number of aryl methyl sites for hydroxylation is 1. The molecule has 31 heavy (non-hydrogen) atoms. The fraction of sp³-hybridized carbons (Fsp3) is 0.182. The summed E-state index contributed by atoms with van der Waals surface area (Å²) >= 11 is 7.22. The Labute approximate surface area is 187 Å². The number of rotatable bonds is 5. The van der Waals surface area contributed by atoms with E-state index >= 15 is 0 Å². The number of carbonyl (C=O) groups is 2. The van der Waals surface area contributed by atoms with Crippen molar-refractivity contribution in [2.24, 2.45) is 0 Å². The Kier molecular flexibility index (Phi) is 6.11. The van der Waals surface area contributed by atoms with Crippen LogP contribution in [0, 0.1) is 6.92 Å². The summed E-state index contributed by atoms with van der Waals surface area (Å²) in [5, 5.41) is 6.40. The van der Waals surface area contributed by atoms with Crippen molar-refractivity contribution in [3.8, 4) is 0 Å². The molecule has 0 aliphatic carbocycles. The average Bonchev–Trinajstić information content (AvgIpc) is 2.74. The minimum absolute atomic E-state index is 0.118. The van der Waals surface area contributed by atoms with Crippen LogP contribution in [0.15, 0.2) is 58.5 Å². The normalized spacial score (nSPS) is 15.2. The molecule has 1 aliphatic rings. The number of benzene rings is 2. The van der Waals surface area contributed by atoms with E-state index < -0.39 is 17.4 Å². The van der Waals surface area contributed by atoms with Crippen molar-refractivity contribution < 1.29 is 9.59 Å². The Hall–Kier alpha value is -3.10. The molecule has 0 bridgehead atoms. The Morgan fingerprint density at radius 1 is 1.16 bits per heavy atom. The van der Waals surface area contributed by atoms with Crippen LogP contribution in [-0.4, -0.2) is 21.8 Å². The summed E-state index contributed by atoms with van der Waals surface area (Å²) in [7, 11) is 0. The number of hydrogen-bond acceptors (Lipinski definition) is 5. The van der Waals surface area contributed by atoms with Gasteiger partial charge < -0.3 is 15.6 Å². The van der Waals surface area contributed by atoms with Crippen molar-refractivity contribution in [2.45, 2.75) is 30.2 Å². The second kappa shape index (κ2) is 8.95. The lowest BCUT2D eigenvalue weighted by Gasteiger charge is -2.23. The standard InChI is InChI=1S/C22H19ClN4O3S/c1-12-2-8-15(9-3-12)24-20(29)16-10-17(28)25-19-18(16)21(30)27-22(26-19)31-11-13-4-6-14(23)7-5-13/h2-9,16H,10-11H2,1H3,(H,24,29)(H2,25,26,27,28,30). The first-order valence-electron chi connectivity index (χ1n) is 9.58. The highest BCUT2D eigenvalue weighted by atomic mass is 35.5. The number of thioether (sulfide) groups is 1. The summed E-state index contributed by atoms with van der Waals surface area (Å²) in [5.41, 5.74) is 2.40. The quantitative estimate of drug-likeness (QED) is 0.398. The SMILES string of the molecule is Cc1ccc(NC(=O)C2CC(=O)Nc3nc(SCc4ccc(Cl)cc4)[nH]c(=O)c32)cc1. The topological polar surface area (TPSA) is 104 Å². The molecule has 1 aliphatic heterocycles. The molecule has 2 aromatic carbocycles. The lowest BCUT2D eigenvalue weighted by atomic mass is 9.92. The number of aromatic amines is 1. The molecule has 7 nitrogen and oxygen atoms in total. The highest BCUT2D eigenvalue weighted by molar-refractivity contribution is 7.98. The van der Waals surface area contributed by atoms with Gasteiger partial charge in [-0.2, -0.15) is 0 Å². The van der Waals surface area contributed by atoms with Crippen LogP contribution in [0.5, 0.6) is 0 Å². The zero-order chi connectivity index (χ0) is 22.0. The Bertz CT molecular complexity index is 1190. The van der Waals surface area contributed by atoms with Crippen molar-refractivity contribution in [3.63, 3.8) is 0 Å². The zero-order valence-corrected chi connectivity index (χ0v) is 18.1. The summed E-state index contributed by atoms with van der Waals surface area (Å²) in [5.74, 6) is -1.01. The summed E-state index contributed by atoms with van der Waals surface area (Å²) in [6, 6.07) is 14.6. The predicted octanol–water partition coefficient (Wildman–Crippen LogP) is 4.09. The molecule has 158 valence electrons. The number of halogens is 1. The lowest BCUT2D eigenvalue weighted by molar-refractivity contribution is -0.123. The van der Waals surface area contributed by atoms with E-state index in [0.717, 1.165) is 11.1 Å². The van der Waals surface area contributed by atoms with Gasteiger partial charge in [0.05, 0.1) is 11.5 Å². The van der Waals surface area contributed by atoms with Crippen LogP contribution in [0.2, 0.25) is 5.02 Å². The highest BCUT2D eigenvalue weighted by Crippen LogP contribution is 2.31. The third-order valence-electron chi connectivity index (χ3n) is 4.85. The molecule has 4 rings (SSSR count). The van der Waals surface area contributed by atoms with Gasteiger partial charge in [-0.3, -0.25) is 14.4 Å². The van der Waals surface area contributed by atoms with Crippen molar-refractivity contribution in [1.29, 1.82) is 0 Å². The Morgan fingerprint density at radius 3 is 2.58 bits per heavy atom. The first-order valence-corrected chi connectivity index (χ1v) is 10.9. The zero-order valence-electron chi connectivity index (χ0n) is 16.6. The number of carbonyl (C=O) groups excluding carboxylic acids is 2. The van der Waals surface area contributed by atoms with Crippen LogP contribution in [0.1, 0.15) is 29.0 Å². The van der Waals surface area contributed by atoms with Gasteiger partial charge in [0, 0.05) is 22.9 Å². The monoisotopic (exact) mass is 454 g/mol. The number of fused-ring (bicyclic) bond motifs is 1.